The first kappa shape index (κ1) is 21.2. The third-order valence-corrected chi connectivity index (χ3v) is 4.15. The topological polar surface area (TPSA) is 71.2 Å². The summed E-state index contributed by atoms with van der Waals surface area (Å²) < 4.78 is 0. The molecule has 136 valence electrons. The molecule has 2 heterocycles. The van der Waals surface area contributed by atoms with E-state index in [9.17, 15) is 4.79 Å². The van der Waals surface area contributed by atoms with Crippen molar-refractivity contribution in [2.24, 2.45) is 5.73 Å². The number of hydrogen-bond donors (Lipinski definition) is 2. The Balaban J connectivity index is 0.00000156. The van der Waals surface area contributed by atoms with Gasteiger partial charge in [0.15, 0.2) is 0 Å². The summed E-state index contributed by atoms with van der Waals surface area (Å²) in [7, 11) is 0. The second kappa shape index (κ2) is 10.2. The Kier molecular flexibility index (Phi) is 8.69. The Labute approximate surface area is 160 Å². The molecule has 1 aliphatic rings. The molecule has 1 fully saturated rings. The third-order valence-electron chi connectivity index (χ3n) is 4.15. The van der Waals surface area contributed by atoms with Crippen LogP contribution in [0.3, 0.4) is 0 Å². The van der Waals surface area contributed by atoms with Gasteiger partial charge in [0.2, 0.25) is 0 Å². The van der Waals surface area contributed by atoms with E-state index in [2.05, 4.69) is 15.2 Å². The van der Waals surface area contributed by atoms with E-state index in [4.69, 9.17) is 5.73 Å². The van der Waals surface area contributed by atoms with Gasteiger partial charge in [0, 0.05) is 31.9 Å². The molecule has 3 N–H and O–H groups in total. The monoisotopic (exact) mass is 382 g/mol. The SMILES string of the molecule is Cl.Cl.NC(CNC(=O)c1ccc(N2CCCC2)nc1)c1ccccc1. The van der Waals surface area contributed by atoms with Gasteiger partial charge in [-0.3, -0.25) is 4.79 Å². The normalized spacial score (nSPS) is 14.2. The molecule has 1 aromatic carbocycles. The predicted octanol–water partition coefficient (Wildman–Crippen LogP) is 2.96. The molecular weight excluding hydrogens is 359 g/mol. The van der Waals surface area contributed by atoms with Crippen molar-refractivity contribution in [1.82, 2.24) is 10.3 Å². The first-order valence-electron chi connectivity index (χ1n) is 8.04. The highest BCUT2D eigenvalue weighted by Crippen LogP contribution is 2.17. The third kappa shape index (κ3) is 5.59. The number of carbonyl (C=O) groups excluding carboxylic acids is 1. The zero-order valence-electron chi connectivity index (χ0n) is 13.9. The number of carbonyl (C=O) groups is 1. The Hall–Kier alpha value is -1.82. The maximum Gasteiger partial charge on any atom is 0.252 e. The van der Waals surface area contributed by atoms with Crippen molar-refractivity contribution in [2.75, 3.05) is 24.5 Å². The van der Waals surface area contributed by atoms with Crippen molar-refractivity contribution in [3.05, 3.63) is 59.8 Å². The fraction of sp³-hybridized carbons (Fsp3) is 0.333. The number of nitrogens with two attached hydrogens (primary N) is 1. The van der Waals surface area contributed by atoms with Crippen LogP contribution in [0.5, 0.6) is 0 Å². The fourth-order valence-electron chi connectivity index (χ4n) is 2.78. The average Bonchev–Trinajstić information content (AvgIpc) is 3.15. The van der Waals surface area contributed by atoms with Crippen molar-refractivity contribution < 1.29 is 4.79 Å². The van der Waals surface area contributed by atoms with E-state index in [1.165, 1.54) is 12.8 Å². The largest absolute Gasteiger partial charge is 0.357 e. The molecule has 1 unspecified atom stereocenters. The number of pyridine rings is 1. The van der Waals surface area contributed by atoms with E-state index in [1.807, 2.05) is 42.5 Å². The Morgan fingerprint density at radius 3 is 2.40 bits per heavy atom. The second-order valence-electron chi connectivity index (χ2n) is 5.83. The smallest absolute Gasteiger partial charge is 0.252 e. The Morgan fingerprint density at radius 1 is 1.12 bits per heavy atom. The highest BCUT2D eigenvalue weighted by molar-refractivity contribution is 5.94. The van der Waals surface area contributed by atoms with Crippen molar-refractivity contribution in [3.63, 3.8) is 0 Å². The maximum atomic E-state index is 12.2. The quantitative estimate of drug-likeness (QED) is 0.833. The van der Waals surface area contributed by atoms with Crippen LogP contribution >= 0.6 is 24.8 Å². The maximum absolute atomic E-state index is 12.2. The summed E-state index contributed by atoms with van der Waals surface area (Å²) in [5.74, 6) is 0.803. The van der Waals surface area contributed by atoms with E-state index in [0.29, 0.717) is 12.1 Å². The molecule has 0 aliphatic carbocycles. The lowest BCUT2D eigenvalue weighted by atomic mass is 10.1. The number of hydrogen-bond acceptors (Lipinski definition) is 4. The standard InChI is InChI=1S/C18H22N4O.2ClH/c19-16(14-6-2-1-3-7-14)13-21-18(23)15-8-9-17(20-12-15)22-10-4-5-11-22;;/h1-3,6-9,12,16H,4-5,10-11,13,19H2,(H,21,23);2*1H. The van der Waals surface area contributed by atoms with Crippen molar-refractivity contribution >= 4 is 36.5 Å². The minimum atomic E-state index is -0.211. The van der Waals surface area contributed by atoms with Crippen LogP contribution in [0.15, 0.2) is 48.7 Å². The molecule has 0 saturated carbocycles. The lowest BCUT2D eigenvalue weighted by Crippen LogP contribution is -2.32. The van der Waals surface area contributed by atoms with Gasteiger partial charge in [-0.2, -0.15) is 0 Å². The minimum absolute atomic E-state index is 0. The van der Waals surface area contributed by atoms with Crippen molar-refractivity contribution in [1.29, 1.82) is 0 Å². The summed E-state index contributed by atoms with van der Waals surface area (Å²) in [6.45, 7) is 2.49. The van der Waals surface area contributed by atoms with E-state index in [-0.39, 0.29) is 36.8 Å². The van der Waals surface area contributed by atoms with E-state index >= 15 is 0 Å². The van der Waals surface area contributed by atoms with Crippen LogP contribution in [-0.4, -0.2) is 30.5 Å². The molecule has 2 aromatic rings. The molecule has 0 spiro atoms. The molecule has 1 atom stereocenters. The highest BCUT2D eigenvalue weighted by atomic mass is 35.5. The summed E-state index contributed by atoms with van der Waals surface area (Å²) in [5, 5.41) is 2.87. The van der Waals surface area contributed by atoms with E-state index < -0.39 is 0 Å². The molecule has 25 heavy (non-hydrogen) atoms. The summed E-state index contributed by atoms with van der Waals surface area (Å²) in [4.78, 5) is 18.8. The van der Waals surface area contributed by atoms with Crippen molar-refractivity contribution in [2.45, 2.75) is 18.9 Å². The van der Waals surface area contributed by atoms with E-state index in [0.717, 1.165) is 24.5 Å². The number of benzene rings is 1. The first-order valence-corrected chi connectivity index (χ1v) is 8.04. The van der Waals surface area contributed by atoms with Gasteiger partial charge in [0.25, 0.3) is 5.91 Å². The van der Waals surface area contributed by atoms with Gasteiger partial charge >= 0.3 is 0 Å². The summed E-state index contributed by atoms with van der Waals surface area (Å²) in [6, 6.07) is 13.3. The van der Waals surface area contributed by atoms with Crippen LogP contribution in [0.2, 0.25) is 0 Å². The molecule has 1 aromatic heterocycles. The number of nitrogens with zero attached hydrogens (tertiary/aromatic N) is 2. The molecule has 0 radical (unpaired) electrons. The van der Waals surface area contributed by atoms with Crippen LogP contribution in [0, 0.1) is 0 Å². The molecule has 1 aliphatic heterocycles. The van der Waals surface area contributed by atoms with Crippen LogP contribution in [0.1, 0.15) is 34.8 Å². The lowest BCUT2D eigenvalue weighted by Gasteiger charge is -2.16. The highest BCUT2D eigenvalue weighted by Gasteiger charge is 2.14. The van der Waals surface area contributed by atoms with Crippen LogP contribution in [0.25, 0.3) is 0 Å². The number of rotatable bonds is 5. The zero-order chi connectivity index (χ0) is 16.1. The average molecular weight is 383 g/mol. The number of anilines is 1. The van der Waals surface area contributed by atoms with Crippen LogP contribution < -0.4 is 16.0 Å². The van der Waals surface area contributed by atoms with Gasteiger partial charge in [-0.05, 0) is 30.5 Å². The zero-order valence-corrected chi connectivity index (χ0v) is 15.6. The molecule has 1 saturated heterocycles. The van der Waals surface area contributed by atoms with E-state index in [1.54, 1.807) is 6.20 Å². The van der Waals surface area contributed by atoms with Gasteiger partial charge in [-0.15, -0.1) is 24.8 Å². The van der Waals surface area contributed by atoms with Gasteiger partial charge in [-0.25, -0.2) is 4.98 Å². The van der Waals surface area contributed by atoms with Crippen LogP contribution in [-0.2, 0) is 0 Å². The number of amides is 1. The summed E-state index contributed by atoms with van der Waals surface area (Å²) in [6.07, 6.45) is 4.06. The molecule has 1 amide bonds. The first-order chi connectivity index (χ1) is 11.2. The van der Waals surface area contributed by atoms with Gasteiger partial charge < -0.3 is 16.0 Å². The predicted molar refractivity (Wildman–Crippen MR) is 106 cm³/mol. The number of nitrogens with one attached hydrogen (secondary N) is 1. The summed E-state index contributed by atoms with van der Waals surface area (Å²) in [5.41, 5.74) is 7.66. The van der Waals surface area contributed by atoms with Gasteiger partial charge in [0.1, 0.15) is 5.82 Å². The lowest BCUT2D eigenvalue weighted by molar-refractivity contribution is 0.0951. The van der Waals surface area contributed by atoms with Crippen molar-refractivity contribution in [3.8, 4) is 0 Å². The molecule has 5 nitrogen and oxygen atoms in total. The Bertz CT molecular complexity index is 646. The number of aromatic nitrogens is 1. The Morgan fingerprint density at radius 2 is 1.80 bits per heavy atom. The van der Waals surface area contributed by atoms with Gasteiger partial charge in [0.05, 0.1) is 5.56 Å². The van der Waals surface area contributed by atoms with Gasteiger partial charge in [-0.1, -0.05) is 30.3 Å². The molecule has 3 rings (SSSR count). The molecule has 0 bridgehead atoms. The fourth-order valence-corrected chi connectivity index (χ4v) is 2.78. The minimum Gasteiger partial charge on any atom is -0.357 e. The molecular formula is C18H24Cl2N4O. The second-order valence-corrected chi connectivity index (χ2v) is 5.83. The number of halogens is 2. The molecule has 7 heteroatoms. The van der Waals surface area contributed by atoms with Crippen LogP contribution in [0.4, 0.5) is 5.82 Å². The summed E-state index contributed by atoms with van der Waals surface area (Å²) >= 11 is 0.